The molecule has 138 valence electrons. The number of hydrogen-bond donors (Lipinski definition) is 3. The van der Waals surface area contributed by atoms with E-state index in [0.29, 0.717) is 18.1 Å². The molecule has 0 amide bonds. The topological polar surface area (TPSA) is 105 Å². The fourth-order valence-electron chi connectivity index (χ4n) is 2.31. The predicted molar refractivity (Wildman–Crippen MR) is 107 cm³/mol. The zero-order valence-electron chi connectivity index (χ0n) is 14.2. The van der Waals surface area contributed by atoms with Crippen LogP contribution in [0.2, 0.25) is 5.02 Å². The van der Waals surface area contributed by atoms with Crippen LogP contribution in [0.1, 0.15) is 0 Å². The van der Waals surface area contributed by atoms with Crippen LogP contribution < -0.4 is 16.0 Å². The second kappa shape index (κ2) is 8.81. The van der Waals surface area contributed by atoms with Crippen LogP contribution in [-0.2, 0) is 0 Å². The zero-order valence-corrected chi connectivity index (χ0v) is 15.0. The Hall–Kier alpha value is -3.39. The molecule has 8 nitrogen and oxygen atoms in total. The van der Waals surface area contributed by atoms with Crippen molar-refractivity contribution < 1.29 is 4.92 Å². The summed E-state index contributed by atoms with van der Waals surface area (Å²) in [5.41, 5.74) is 1.52. The molecule has 0 spiro atoms. The molecular weight excluding hydrogens is 368 g/mol. The van der Waals surface area contributed by atoms with Crippen molar-refractivity contribution in [1.29, 1.82) is 0 Å². The van der Waals surface area contributed by atoms with Crippen molar-refractivity contribution in [2.45, 2.75) is 0 Å². The minimum atomic E-state index is -0.515. The van der Waals surface area contributed by atoms with Gasteiger partial charge in [-0.25, -0.2) is 4.98 Å². The van der Waals surface area contributed by atoms with E-state index in [1.807, 2.05) is 30.3 Å². The van der Waals surface area contributed by atoms with Gasteiger partial charge in [-0.15, -0.1) is 0 Å². The summed E-state index contributed by atoms with van der Waals surface area (Å²) in [6, 6.07) is 16.7. The molecule has 1 heterocycles. The van der Waals surface area contributed by atoms with Gasteiger partial charge in [-0.05, 0) is 36.4 Å². The van der Waals surface area contributed by atoms with Gasteiger partial charge in [-0.2, -0.15) is 4.98 Å². The number of halogens is 1. The summed E-state index contributed by atoms with van der Waals surface area (Å²) in [6.45, 7) is 1.03. The molecule has 0 aliphatic heterocycles. The molecule has 0 aliphatic rings. The van der Waals surface area contributed by atoms with E-state index >= 15 is 0 Å². The third kappa shape index (κ3) is 5.29. The summed E-state index contributed by atoms with van der Waals surface area (Å²) < 4.78 is 0. The van der Waals surface area contributed by atoms with Gasteiger partial charge in [0.2, 0.25) is 11.8 Å². The van der Waals surface area contributed by atoms with Crippen molar-refractivity contribution in [3.05, 3.63) is 75.9 Å². The Morgan fingerprint density at radius 2 is 1.67 bits per heavy atom. The minimum Gasteiger partial charge on any atom is -0.383 e. The molecule has 3 N–H and O–H groups in total. The molecule has 1 aromatic heterocycles. The largest absolute Gasteiger partial charge is 0.383 e. The highest BCUT2D eigenvalue weighted by Gasteiger charge is 2.17. The third-order valence-corrected chi connectivity index (χ3v) is 3.84. The second-order valence-electron chi connectivity index (χ2n) is 5.54. The molecule has 9 heteroatoms. The molecule has 27 heavy (non-hydrogen) atoms. The number of rotatable bonds is 8. The highest BCUT2D eigenvalue weighted by Crippen LogP contribution is 2.24. The molecular formula is C18H17ClN6O2. The summed E-state index contributed by atoms with van der Waals surface area (Å²) in [5.74, 6) is 0.405. The lowest BCUT2D eigenvalue weighted by Gasteiger charge is -2.10. The number of hydrogen-bond acceptors (Lipinski definition) is 7. The van der Waals surface area contributed by atoms with Crippen LogP contribution >= 0.6 is 11.6 Å². The maximum Gasteiger partial charge on any atom is 0.329 e. The van der Waals surface area contributed by atoms with Gasteiger partial charge in [0, 0.05) is 29.5 Å². The van der Waals surface area contributed by atoms with E-state index in [9.17, 15) is 10.1 Å². The molecule has 0 radical (unpaired) electrons. The van der Waals surface area contributed by atoms with Gasteiger partial charge in [0.15, 0.2) is 0 Å². The standard InChI is InChI=1S/C18H17ClN6O2/c19-13-6-8-15(9-7-13)23-18-22-12-16(25(26)27)17(24-18)21-11-10-20-14-4-2-1-3-5-14/h1-9,12,20H,10-11H2,(H2,21,22,23,24). The highest BCUT2D eigenvalue weighted by molar-refractivity contribution is 6.30. The number of nitrogens with one attached hydrogen (secondary N) is 3. The van der Waals surface area contributed by atoms with Crippen LogP contribution in [0.15, 0.2) is 60.8 Å². The van der Waals surface area contributed by atoms with Gasteiger partial charge in [0.05, 0.1) is 4.92 Å². The van der Waals surface area contributed by atoms with Gasteiger partial charge in [0.25, 0.3) is 0 Å². The van der Waals surface area contributed by atoms with Gasteiger partial charge in [0.1, 0.15) is 6.20 Å². The van der Waals surface area contributed by atoms with Crippen molar-refractivity contribution in [3.8, 4) is 0 Å². The molecule has 0 aliphatic carbocycles. The van der Waals surface area contributed by atoms with E-state index in [1.165, 1.54) is 6.20 Å². The maximum absolute atomic E-state index is 11.2. The lowest BCUT2D eigenvalue weighted by molar-refractivity contribution is -0.384. The van der Waals surface area contributed by atoms with Crippen LogP contribution in [0, 0.1) is 10.1 Å². The van der Waals surface area contributed by atoms with Crippen LogP contribution in [0.3, 0.4) is 0 Å². The Balaban J connectivity index is 1.66. The number of anilines is 4. The minimum absolute atomic E-state index is 0.154. The SMILES string of the molecule is O=[N+]([O-])c1cnc(Nc2ccc(Cl)cc2)nc1NCCNc1ccccc1. The van der Waals surface area contributed by atoms with Crippen LogP contribution in [0.5, 0.6) is 0 Å². The Morgan fingerprint density at radius 1 is 0.963 bits per heavy atom. The average molecular weight is 385 g/mol. The summed E-state index contributed by atoms with van der Waals surface area (Å²) in [5, 5.41) is 21.0. The fraction of sp³-hybridized carbons (Fsp3) is 0.111. The smallest absolute Gasteiger partial charge is 0.329 e. The Kier molecular flexibility index (Phi) is 6.01. The summed E-state index contributed by atoms with van der Waals surface area (Å²) in [7, 11) is 0. The monoisotopic (exact) mass is 384 g/mol. The van der Waals surface area contributed by atoms with E-state index in [2.05, 4.69) is 25.9 Å². The van der Waals surface area contributed by atoms with E-state index < -0.39 is 4.92 Å². The summed E-state index contributed by atoms with van der Waals surface area (Å²) in [4.78, 5) is 18.9. The maximum atomic E-state index is 11.2. The molecule has 0 saturated heterocycles. The van der Waals surface area contributed by atoms with Crippen molar-refractivity contribution in [3.63, 3.8) is 0 Å². The highest BCUT2D eigenvalue weighted by atomic mass is 35.5. The lowest BCUT2D eigenvalue weighted by Crippen LogP contribution is -2.16. The van der Waals surface area contributed by atoms with E-state index in [-0.39, 0.29) is 17.5 Å². The summed E-state index contributed by atoms with van der Waals surface area (Å²) >= 11 is 5.86. The van der Waals surface area contributed by atoms with Crippen LogP contribution in [-0.4, -0.2) is 28.0 Å². The van der Waals surface area contributed by atoms with Gasteiger partial charge in [-0.1, -0.05) is 29.8 Å². The van der Waals surface area contributed by atoms with Crippen molar-refractivity contribution in [2.75, 3.05) is 29.0 Å². The Morgan fingerprint density at radius 3 is 2.37 bits per heavy atom. The Labute approximate surface area is 160 Å². The third-order valence-electron chi connectivity index (χ3n) is 3.59. The van der Waals surface area contributed by atoms with Crippen molar-refractivity contribution in [1.82, 2.24) is 9.97 Å². The fourth-order valence-corrected chi connectivity index (χ4v) is 2.43. The second-order valence-corrected chi connectivity index (χ2v) is 5.97. The molecule has 2 aromatic carbocycles. The molecule has 3 aromatic rings. The molecule has 0 atom stereocenters. The molecule has 0 bridgehead atoms. The van der Waals surface area contributed by atoms with Gasteiger partial charge < -0.3 is 16.0 Å². The van der Waals surface area contributed by atoms with Crippen molar-refractivity contribution in [2.24, 2.45) is 0 Å². The molecule has 0 fully saturated rings. The lowest BCUT2D eigenvalue weighted by atomic mass is 10.3. The van der Waals surface area contributed by atoms with Gasteiger partial charge >= 0.3 is 5.69 Å². The first-order valence-electron chi connectivity index (χ1n) is 8.18. The molecule has 0 saturated carbocycles. The number of nitro groups is 1. The van der Waals surface area contributed by atoms with E-state index in [0.717, 1.165) is 11.4 Å². The van der Waals surface area contributed by atoms with Crippen molar-refractivity contribution >= 4 is 40.4 Å². The van der Waals surface area contributed by atoms with E-state index in [4.69, 9.17) is 11.6 Å². The number of para-hydroxylation sites is 1. The van der Waals surface area contributed by atoms with Gasteiger partial charge in [-0.3, -0.25) is 10.1 Å². The molecule has 3 rings (SSSR count). The number of aromatic nitrogens is 2. The average Bonchev–Trinajstić information content (AvgIpc) is 2.68. The van der Waals surface area contributed by atoms with Crippen LogP contribution in [0.4, 0.5) is 28.8 Å². The zero-order chi connectivity index (χ0) is 19.1. The van der Waals surface area contributed by atoms with Crippen LogP contribution in [0.25, 0.3) is 0 Å². The molecule has 0 unspecified atom stereocenters. The first kappa shape index (κ1) is 18.4. The first-order valence-corrected chi connectivity index (χ1v) is 8.56. The number of nitrogens with zero attached hydrogens (tertiary/aromatic N) is 3. The predicted octanol–water partition coefficient (Wildman–Crippen LogP) is 4.31. The first-order chi connectivity index (χ1) is 13.1. The quantitative estimate of drug-likeness (QED) is 0.302. The number of benzene rings is 2. The normalized spacial score (nSPS) is 10.3. The van der Waals surface area contributed by atoms with E-state index in [1.54, 1.807) is 24.3 Å². The summed E-state index contributed by atoms with van der Waals surface area (Å²) in [6.07, 6.45) is 1.18. The Bertz CT molecular complexity index is 905.